The maximum Gasteiger partial charge on any atom is 0.349 e. The van der Waals surface area contributed by atoms with Gasteiger partial charge in [0.15, 0.2) is 0 Å². The lowest BCUT2D eigenvalue weighted by molar-refractivity contribution is -0.154. The number of ether oxygens (including phenoxy) is 3. The molecular weight excluding hydrogens is 412 g/mol. The Balaban J connectivity index is 1.98. The smallest absolute Gasteiger partial charge is 0.349 e. The number of hydrogen-bond donors (Lipinski definition) is 2. The van der Waals surface area contributed by atoms with Crippen molar-refractivity contribution < 1.29 is 38.8 Å². The minimum absolute atomic E-state index is 0.146. The molecular formula is C20H28N2O9. The number of carboxylic acid groups (broad SMARTS) is 1. The first-order valence-electron chi connectivity index (χ1n) is 9.92. The lowest BCUT2D eigenvalue weighted by Gasteiger charge is -2.19. The van der Waals surface area contributed by atoms with Gasteiger partial charge in [-0.25, -0.2) is 4.79 Å². The molecule has 0 radical (unpaired) electrons. The standard InChI is InChI=1S/C20H28N2O9/c1-20(2,3)31-18(27)9-13-6-7-22(19(28)21-13)15-8-12(10-23)14(30-15)11-29-17(26)5-4-16(24)25/h6-7,12,14-15,23H,4-5,8-11H2,1-3H3,(H,24,25)/t12-,14-,15-/m1/s1. The number of hydrogen-bond acceptors (Lipinski definition) is 9. The van der Waals surface area contributed by atoms with Crippen molar-refractivity contribution in [1.29, 1.82) is 0 Å². The molecule has 0 bridgehead atoms. The van der Waals surface area contributed by atoms with Crippen LogP contribution in [0.25, 0.3) is 0 Å². The molecule has 1 aliphatic heterocycles. The Hall–Kier alpha value is -2.79. The van der Waals surface area contributed by atoms with Crippen molar-refractivity contribution in [3.8, 4) is 0 Å². The molecule has 0 unspecified atom stereocenters. The number of carboxylic acids is 1. The van der Waals surface area contributed by atoms with Crippen LogP contribution in [0.5, 0.6) is 0 Å². The summed E-state index contributed by atoms with van der Waals surface area (Å²) in [5.41, 5.74) is -1.01. The molecule has 172 valence electrons. The number of aliphatic carboxylic acids is 1. The molecule has 3 atom stereocenters. The summed E-state index contributed by atoms with van der Waals surface area (Å²) in [4.78, 5) is 50.4. The van der Waals surface area contributed by atoms with E-state index < -0.39 is 41.5 Å². The van der Waals surface area contributed by atoms with E-state index >= 15 is 0 Å². The van der Waals surface area contributed by atoms with Gasteiger partial charge in [0.25, 0.3) is 0 Å². The number of esters is 2. The molecule has 31 heavy (non-hydrogen) atoms. The summed E-state index contributed by atoms with van der Waals surface area (Å²) < 4.78 is 17.3. The van der Waals surface area contributed by atoms with Gasteiger partial charge in [0.05, 0.1) is 31.1 Å². The highest BCUT2D eigenvalue weighted by Crippen LogP contribution is 2.32. The second kappa shape index (κ2) is 10.5. The number of carbonyl (C=O) groups is 3. The number of aliphatic hydroxyl groups excluding tert-OH is 1. The predicted octanol–water partition coefficient (Wildman–Crippen LogP) is 0.432. The Labute approximate surface area is 178 Å². The maximum atomic E-state index is 12.4. The fourth-order valence-electron chi connectivity index (χ4n) is 3.07. The van der Waals surface area contributed by atoms with Crippen molar-refractivity contribution >= 4 is 17.9 Å². The Morgan fingerprint density at radius 3 is 2.55 bits per heavy atom. The van der Waals surface area contributed by atoms with Gasteiger partial charge < -0.3 is 24.4 Å². The Kier molecular flexibility index (Phi) is 8.28. The third kappa shape index (κ3) is 7.76. The molecule has 1 aliphatic rings. The van der Waals surface area contributed by atoms with E-state index in [0.29, 0.717) is 6.42 Å². The summed E-state index contributed by atoms with van der Waals surface area (Å²) in [7, 11) is 0. The second-order valence-electron chi connectivity index (χ2n) is 8.26. The summed E-state index contributed by atoms with van der Waals surface area (Å²) in [5.74, 6) is -2.68. The van der Waals surface area contributed by atoms with Crippen LogP contribution in [-0.4, -0.2) is 62.6 Å². The molecule has 2 rings (SSSR count). The van der Waals surface area contributed by atoms with Crippen LogP contribution in [-0.2, 0) is 35.0 Å². The summed E-state index contributed by atoms with van der Waals surface area (Å²) in [5, 5.41) is 18.2. The van der Waals surface area contributed by atoms with E-state index in [9.17, 15) is 24.3 Å². The fraction of sp³-hybridized carbons (Fsp3) is 0.650. The molecule has 1 fully saturated rings. The van der Waals surface area contributed by atoms with E-state index in [1.165, 1.54) is 16.8 Å². The molecule has 1 aromatic rings. The van der Waals surface area contributed by atoms with Crippen LogP contribution in [0, 0.1) is 5.92 Å². The molecule has 1 aromatic heterocycles. The number of aliphatic hydroxyl groups is 1. The van der Waals surface area contributed by atoms with Crippen LogP contribution < -0.4 is 5.69 Å². The molecule has 2 heterocycles. The lowest BCUT2D eigenvalue weighted by atomic mass is 10.0. The van der Waals surface area contributed by atoms with Gasteiger partial charge in [-0.15, -0.1) is 0 Å². The SMILES string of the molecule is CC(C)(C)OC(=O)Cc1ccn([C@H]2C[C@H](CO)[C@@H](COC(=O)CCC(=O)O)O2)c(=O)n1. The first kappa shape index (κ1) is 24.5. The molecule has 1 saturated heterocycles. The highest BCUT2D eigenvalue weighted by molar-refractivity contribution is 5.76. The van der Waals surface area contributed by atoms with Gasteiger partial charge in [0.2, 0.25) is 0 Å². The van der Waals surface area contributed by atoms with E-state index in [0.717, 1.165) is 0 Å². The molecule has 11 nitrogen and oxygen atoms in total. The molecule has 2 N–H and O–H groups in total. The van der Waals surface area contributed by atoms with Gasteiger partial charge in [-0.1, -0.05) is 0 Å². The number of carbonyl (C=O) groups excluding carboxylic acids is 2. The molecule has 0 amide bonds. The van der Waals surface area contributed by atoms with Crippen molar-refractivity contribution in [2.75, 3.05) is 13.2 Å². The van der Waals surface area contributed by atoms with Crippen LogP contribution in [0.4, 0.5) is 0 Å². The average Bonchev–Trinajstić information content (AvgIpc) is 3.06. The summed E-state index contributed by atoms with van der Waals surface area (Å²) in [6, 6.07) is 1.52. The number of aromatic nitrogens is 2. The van der Waals surface area contributed by atoms with Crippen LogP contribution in [0.2, 0.25) is 0 Å². The molecule has 0 aliphatic carbocycles. The zero-order chi connectivity index (χ0) is 23.2. The van der Waals surface area contributed by atoms with Crippen LogP contribution in [0.1, 0.15) is 52.0 Å². The number of rotatable bonds is 9. The molecule has 0 spiro atoms. The first-order chi connectivity index (χ1) is 14.5. The van der Waals surface area contributed by atoms with E-state index in [2.05, 4.69) is 4.98 Å². The van der Waals surface area contributed by atoms with Gasteiger partial charge in [0.1, 0.15) is 18.4 Å². The monoisotopic (exact) mass is 440 g/mol. The van der Waals surface area contributed by atoms with Gasteiger partial charge in [-0.3, -0.25) is 19.0 Å². The Bertz CT molecular complexity index is 859. The fourth-order valence-corrected chi connectivity index (χ4v) is 3.07. The molecule has 0 aromatic carbocycles. The zero-order valence-electron chi connectivity index (χ0n) is 17.8. The van der Waals surface area contributed by atoms with Crippen molar-refractivity contribution in [1.82, 2.24) is 9.55 Å². The third-order valence-electron chi connectivity index (χ3n) is 4.49. The highest BCUT2D eigenvalue weighted by Gasteiger charge is 2.37. The van der Waals surface area contributed by atoms with E-state index in [-0.39, 0.29) is 44.1 Å². The second-order valence-corrected chi connectivity index (χ2v) is 8.26. The Morgan fingerprint density at radius 2 is 1.97 bits per heavy atom. The predicted molar refractivity (Wildman–Crippen MR) is 105 cm³/mol. The van der Waals surface area contributed by atoms with E-state index in [1.807, 2.05) is 0 Å². The van der Waals surface area contributed by atoms with E-state index in [1.54, 1.807) is 20.8 Å². The Morgan fingerprint density at radius 1 is 1.26 bits per heavy atom. The average molecular weight is 440 g/mol. The topological polar surface area (TPSA) is 154 Å². The minimum Gasteiger partial charge on any atom is -0.481 e. The normalized spacial score (nSPS) is 21.0. The zero-order valence-corrected chi connectivity index (χ0v) is 17.8. The largest absolute Gasteiger partial charge is 0.481 e. The highest BCUT2D eigenvalue weighted by atomic mass is 16.6. The molecule has 0 saturated carbocycles. The summed E-state index contributed by atoms with van der Waals surface area (Å²) in [6.07, 6.45) is -0.388. The third-order valence-corrected chi connectivity index (χ3v) is 4.49. The van der Waals surface area contributed by atoms with Gasteiger partial charge >= 0.3 is 23.6 Å². The van der Waals surface area contributed by atoms with Gasteiger partial charge in [0, 0.05) is 25.1 Å². The minimum atomic E-state index is -1.11. The molecule has 11 heteroatoms. The lowest BCUT2D eigenvalue weighted by Crippen LogP contribution is -2.30. The van der Waals surface area contributed by atoms with Crippen LogP contribution >= 0.6 is 0 Å². The van der Waals surface area contributed by atoms with Crippen molar-refractivity contribution in [3.05, 3.63) is 28.4 Å². The van der Waals surface area contributed by atoms with Gasteiger partial charge in [-0.05, 0) is 26.8 Å². The van der Waals surface area contributed by atoms with Crippen molar-refractivity contribution in [2.45, 2.75) is 64.4 Å². The maximum absolute atomic E-state index is 12.4. The van der Waals surface area contributed by atoms with E-state index in [4.69, 9.17) is 19.3 Å². The summed E-state index contributed by atoms with van der Waals surface area (Å²) >= 11 is 0. The quantitative estimate of drug-likeness (QED) is 0.517. The first-order valence-corrected chi connectivity index (χ1v) is 9.92. The van der Waals surface area contributed by atoms with Crippen molar-refractivity contribution in [2.24, 2.45) is 5.92 Å². The van der Waals surface area contributed by atoms with Crippen molar-refractivity contribution in [3.63, 3.8) is 0 Å². The van der Waals surface area contributed by atoms with Gasteiger partial charge in [-0.2, -0.15) is 4.98 Å². The van der Waals surface area contributed by atoms with Crippen LogP contribution in [0.3, 0.4) is 0 Å². The number of nitrogens with zero attached hydrogens (tertiary/aromatic N) is 2. The van der Waals surface area contributed by atoms with Crippen LogP contribution in [0.15, 0.2) is 17.1 Å². The summed E-state index contributed by atoms with van der Waals surface area (Å²) in [6.45, 7) is 4.81.